The topological polar surface area (TPSA) is 47.6 Å². The molecule has 0 radical (unpaired) electrons. The van der Waals surface area contributed by atoms with Crippen molar-refractivity contribution in [2.24, 2.45) is 5.92 Å². The number of allylic oxidation sites excluding steroid dienone is 4. The molecule has 0 saturated heterocycles. The molecule has 0 aromatic heterocycles. The summed E-state index contributed by atoms with van der Waals surface area (Å²) >= 11 is 3.14. The van der Waals surface area contributed by atoms with Crippen LogP contribution in [0.25, 0.3) is 0 Å². The first-order chi connectivity index (χ1) is 5.69. The fourth-order valence-corrected chi connectivity index (χ4v) is 1.50. The average molecular weight is 227 g/mol. The van der Waals surface area contributed by atoms with Crippen LogP contribution >= 0.6 is 15.9 Å². The minimum atomic E-state index is -0.806. The van der Waals surface area contributed by atoms with Crippen LogP contribution in [-0.2, 0) is 0 Å². The lowest BCUT2D eigenvalue weighted by atomic mass is 9.97. The van der Waals surface area contributed by atoms with E-state index in [1.54, 1.807) is 12.1 Å². The van der Waals surface area contributed by atoms with Gasteiger partial charge in [-0.15, -0.1) is 0 Å². The molecule has 0 aromatic carbocycles. The van der Waals surface area contributed by atoms with Gasteiger partial charge in [-0.2, -0.15) is 10.5 Å². The summed E-state index contributed by atoms with van der Waals surface area (Å²) in [6.45, 7) is 0. The summed E-state index contributed by atoms with van der Waals surface area (Å²) in [5.74, 6) is -1.43. The molecule has 1 unspecified atom stereocenters. The molecule has 0 amide bonds. The molecule has 0 bridgehead atoms. The maximum Gasteiger partial charge on any atom is 0.135 e. The molecule has 0 N–H and O–H groups in total. The largest absolute Gasteiger partial charge is 0.209 e. The second-order valence-corrected chi connectivity index (χ2v) is 3.37. The maximum atomic E-state index is 13.1. The Balaban J connectivity index is 3.11. The predicted octanol–water partition coefficient (Wildman–Crippen LogP) is 2.56. The van der Waals surface area contributed by atoms with Gasteiger partial charge in [0.15, 0.2) is 0 Å². The second-order valence-electron chi connectivity index (χ2n) is 2.35. The standard InChI is InChI=1S/C8H4BrFN2/c9-7-1-5(3-11)8(10)6(2-7)4-12/h1,6H,2H2. The summed E-state index contributed by atoms with van der Waals surface area (Å²) in [4.78, 5) is 0. The third kappa shape index (κ3) is 1.54. The first-order valence-electron chi connectivity index (χ1n) is 3.24. The van der Waals surface area contributed by atoms with Gasteiger partial charge in [0.25, 0.3) is 0 Å². The van der Waals surface area contributed by atoms with Gasteiger partial charge in [0.1, 0.15) is 17.8 Å². The number of hydrogen-bond acceptors (Lipinski definition) is 2. The second kappa shape index (κ2) is 3.51. The van der Waals surface area contributed by atoms with Gasteiger partial charge in [0, 0.05) is 6.42 Å². The highest BCUT2D eigenvalue weighted by atomic mass is 79.9. The van der Waals surface area contributed by atoms with Crippen LogP contribution in [0.3, 0.4) is 0 Å². The summed E-state index contributed by atoms with van der Waals surface area (Å²) in [6.07, 6.45) is 1.72. The fourth-order valence-electron chi connectivity index (χ4n) is 0.945. The third-order valence-electron chi connectivity index (χ3n) is 1.54. The molecule has 12 heavy (non-hydrogen) atoms. The highest BCUT2D eigenvalue weighted by molar-refractivity contribution is 9.11. The Hall–Kier alpha value is -1.13. The van der Waals surface area contributed by atoms with E-state index in [9.17, 15) is 4.39 Å². The van der Waals surface area contributed by atoms with Crippen LogP contribution in [0.5, 0.6) is 0 Å². The minimum Gasteiger partial charge on any atom is -0.209 e. The quantitative estimate of drug-likeness (QED) is 0.638. The summed E-state index contributed by atoms with van der Waals surface area (Å²) in [6, 6.07) is 3.49. The van der Waals surface area contributed by atoms with Crippen molar-refractivity contribution in [1.29, 1.82) is 10.5 Å². The summed E-state index contributed by atoms with van der Waals surface area (Å²) in [5, 5.41) is 17.0. The van der Waals surface area contributed by atoms with Crippen LogP contribution in [-0.4, -0.2) is 0 Å². The Morgan fingerprint density at radius 3 is 2.75 bits per heavy atom. The van der Waals surface area contributed by atoms with E-state index in [-0.39, 0.29) is 5.57 Å². The molecule has 0 saturated carbocycles. The molecule has 4 heteroatoms. The summed E-state index contributed by atoms with van der Waals surface area (Å²) < 4.78 is 13.7. The number of nitriles is 2. The molecule has 1 atom stereocenters. The van der Waals surface area contributed by atoms with Gasteiger partial charge >= 0.3 is 0 Å². The van der Waals surface area contributed by atoms with Gasteiger partial charge in [-0.25, -0.2) is 4.39 Å². The SMILES string of the molecule is N#CC1=C(F)C(C#N)CC(Br)=C1. The zero-order valence-electron chi connectivity index (χ0n) is 6.01. The van der Waals surface area contributed by atoms with Crippen LogP contribution in [0.1, 0.15) is 6.42 Å². The number of halogens is 2. The molecule has 1 rings (SSSR count). The smallest absolute Gasteiger partial charge is 0.135 e. The highest BCUT2D eigenvalue weighted by Gasteiger charge is 2.22. The van der Waals surface area contributed by atoms with Crippen LogP contribution in [0.15, 0.2) is 22.0 Å². The van der Waals surface area contributed by atoms with Crippen molar-refractivity contribution < 1.29 is 4.39 Å². The molecule has 0 aliphatic heterocycles. The van der Waals surface area contributed by atoms with Gasteiger partial charge < -0.3 is 0 Å². The van der Waals surface area contributed by atoms with E-state index < -0.39 is 11.7 Å². The van der Waals surface area contributed by atoms with Crippen LogP contribution in [0.4, 0.5) is 4.39 Å². The zero-order chi connectivity index (χ0) is 9.14. The highest BCUT2D eigenvalue weighted by Crippen LogP contribution is 2.32. The Morgan fingerprint density at radius 2 is 2.25 bits per heavy atom. The number of rotatable bonds is 0. The molecular formula is C8H4BrFN2. The van der Waals surface area contributed by atoms with Crippen molar-refractivity contribution in [2.75, 3.05) is 0 Å². The Morgan fingerprint density at radius 1 is 1.58 bits per heavy atom. The van der Waals surface area contributed by atoms with Crippen molar-refractivity contribution in [3.63, 3.8) is 0 Å². The van der Waals surface area contributed by atoms with Gasteiger partial charge in [-0.3, -0.25) is 0 Å². The van der Waals surface area contributed by atoms with Crippen LogP contribution in [0, 0.1) is 28.6 Å². The Labute approximate surface area is 77.7 Å². The predicted molar refractivity (Wildman–Crippen MR) is 44.5 cm³/mol. The third-order valence-corrected chi connectivity index (χ3v) is 2.09. The molecular weight excluding hydrogens is 223 g/mol. The van der Waals surface area contributed by atoms with E-state index in [1.807, 2.05) is 0 Å². The fraction of sp³-hybridized carbons (Fsp3) is 0.250. The summed E-state index contributed by atoms with van der Waals surface area (Å²) in [7, 11) is 0. The first kappa shape index (κ1) is 8.96. The van der Waals surface area contributed by atoms with Crippen molar-refractivity contribution in [3.8, 4) is 12.1 Å². The molecule has 2 nitrogen and oxygen atoms in total. The maximum absolute atomic E-state index is 13.1. The number of nitrogens with zero attached hydrogens (tertiary/aromatic N) is 2. The van der Waals surface area contributed by atoms with E-state index >= 15 is 0 Å². The van der Waals surface area contributed by atoms with Gasteiger partial charge in [-0.1, -0.05) is 15.9 Å². The van der Waals surface area contributed by atoms with Gasteiger partial charge in [0.2, 0.25) is 0 Å². The molecule has 0 spiro atoms. The van der Waals surface area contributed by atoms with Gasteiger partial charge in [0.05, 0.1) is 11.6 Å². The normalized spacial score (nSPS) is 22.7. The van der Waals surface area contributed by atoms with Crippen molar-refractivity contribution in [2.45, 2.75) is 6.42 Å². The van der Waals surface area contributed by atoms with Crippen LogP contribution < -0.4 is 0 Å². The van der Waals surface area contributed by atoms with Crippen molar-refractivity contribution >= 4 is 15.9 Å². The lowest BCUT2D eigenvalue weighted by Crippen LogP contribution is -2.04. The minimum absolute atomic E-state index is 0.0559. The van der Waals surface area contributed by atoms with Crippen molar-refractivity contribution in [3.05, 3.63) is 22.0 Å². The van der Waals surface area contributed by atoms with E-state index in [1.165, 1.54) is 6.08 Å². The lowest BCUT2D eigenvalue weighted by molar-refractivity contribution is 0.522. The zero-order valence-corrected chi connectivity index (χ0v) is 7.60. The summed E-state index contributed by atoms with van der Waals surface area (Å²) in [5.41, 5.74) is -0.0559. The van der Waals surface area contributed by atoms with Crippen molar-refractivity contribution in [1.82, 2.24) is 0 Å². The first-order valence-corrected chi connectivity index (χ1v) is 4.03. The molecule has 0 fully saturated rings. The molecule has 1 aliphatic carbocycles. The molecule has 1 aliphatic rings. The number of hydrogen-bond donors (Lipinski definition) is 0. The molecule has 0 aromatic rings. The molecule has 60 valence electrons. The van der Waals surface area contributed by atoms with E-state index in [4.69, 9.17) is 10.5 Å². The average Bonchev–Trinajstić information content (AvgIpc) is 2.08. The van der Waals surface area contributed by atoms with Gasteiger partial charge in [-0.05, 0) is 10.6 Å². The van der Waals surface area contributed by atoms with E-state index in [0.29, 0.717) is 10.9 Å². The monoisotopic (exact) mass is 226 g/mol. The van der Waals surface area contributed by atoms with E-state index in [2.05, 4.69) is 15.9 Å². The van der Waals surface area contributed by atoms with E-state index in [0.717, 1.165) is 0 Å². The van der Waals surface area contributed by atoms with Crippen LogP contribution in [0.2, 0.25) is 0 Å². The molecule has 0 heterocycles. The lowest BCUT2D eigenvalue weighted by Gasteiger charge is -2.11. The Kier molecular flexibility index (Phi) is 2.62. The Bertz CT molecular complexity index is 343.